The van der Waals surface area contributed by atoms with E-state index < -0.39 is 0 Å². The predicted octanol–water partition coefficient (Wildman–Crippen LogP) is 2.74. The molecule has 11 heteroatoms. The van der Waals surface area contributed by atoms with Crippen LogP contribution in [0.15, 0.2) is 30.7 Å². The van der Waals surface area contributed by atoms with Gasteiger partial charge in [0.1, 0.15) is 0 Å². The van der Waals surface area contributed by atoms with Crippen LogP contribution in [0.3, 0.4) is 0 Å². The molecule has 0 saturated carbocycles. The average molecular weight is 479 g/mol. The SMILES string of the molecule is O=C(Cc1cnn2cccnc12)Nc1cc2sc(N3CCOCC3)nc2nc1N1CCCCC1. The van der Waals surface area contributed by atoms with Crippen LogP contribution in [-0.4, -0.2) is 69.9 Å². The van der Waals surface area contributed by atoms with Gasteiger partial charge in [-0.2, -0.15) is 10.1 Å². The van der Waals surface area contributed by atoms with Crippen molar-refractivity contribution in [2.75, 3.05) is 54.5 Å². The second-order valence-electron chi connectivity index (χ2n) is 8.61. The second-order valence-corrected chi connectivity index (χ2v) is 9.62. The van der Waals surface area contributed by atoms with Gasteiger partial charge < -0.3 is 19.9 Å². The summed E-state index contributed by atoms with van der Waals surface area (Å²) < 4.78 is 8.13. The van der Waals surface area contributed by atoms with Crippen LogP contribution in [0.25, 0.3) is 16.0 Å². The number of carbonyl (C=O) groups is 1. The van der Waals surface area contributed by atoms with E-state index in [4.69, 9.17) is 14.7 Å². The van der Waals surface area contributed by atoms with Gasteiger partial charge in [0.2, 0.25) is 5.91 Å². The predicted molar refractivity (Wildman–Crippen MR) is 132 cm³/mol. The molecule has 2 aliphatic heterocycles. The van der Waals surface area contributed by atoms with Gasteiger partial charge in [-0.25, -0.2) is 14.5 Å². The van der Waals surface area contributed by atoms with Crippen molar-refractivity contribution in [1.82, 2.24) is 24.6 Å². The molecule has 4 aromatic heterocycles. The molecule has 34 heavy (non-hydrogen) atoms. The number of fused-ring (bicyclic) bond motifs is 2. The maximum Gasteiger partial charge on any atom is 0.229 e. The maximum absolute atomic E-state index is 13.1. The van der Waals surface area contributed by atoms with Crippen LogP contribution in [0.5, 0.6) is 0 Å². The quantitative estimate of drug-likeness (QED) is 0.467. The molecule has 4 aromatic rings. The summed E-state index contributed by atoms with van der Waals surface area (Å²) in [6, 6.07) is 3.84. The van der Waals surface area contributed by atoms with Gasteiger partial charge in [0.25, 0.3) is 0 Å². The zero-order chi connectivity index (χ0) is 22.9. The van der Waals surface area contributed by atoms with Crippen molar-refractivity contribution in [3.63, 3.8) is 0 Å². The zero-order valence-electron chi connectivity index (χ0n) is 18.8. The van der Waals surface area contributed by atoms with Crippen molar-refractivity contribution in [2.45, 2.75) is 25.7 Å². The minimum atomic E-state index is -0.113. The standard InChI is InChI=1S/C23H26N8O2S/c32-19(13-16-15-25-31-8-4-5-24-21(16)31)26-17-14-18-20(27-22(17)29-6-2-1-3-7-29)28-23(34-18)30-9-11-33-12-10-30/h4-5,8,14-15H,1-3,6-7,9-13H2,(H,26,32). The third-order valence-electron chi connectivity index (χ3n) is 6.27. The first-order valence-electron chi connectivity index (χ1n) is 11.7. The van der Waals surface area contributed by atoms with E-state index >= 15 is 0 Å². The number of aromatic nitrogens is 5. The van der Waals surface area contributed by atoms with Gasteiger partial charge in [-0.15, -0.1) is 0 Å². The summed E-state index contributed by atoms with van der Waals surface area (Å²) in [5.74, 6) is 0.690. The third-order valence-corrected chi connectivity index (χ3v) is 7.32. The van der Waals surface area contributed by atoms with Crippen molar-refractivity contribution in [3.8, 4) is 0 Å². The van der Waals surface area contributed by atoms with Crippen molar-refractivity contribution in [3.05, 3.63) is 36.3 Å². The Labute approximate surface area is 200 Å². The van der Waals surface area contributed by atoms with Crippen LogP contribution in [0, 0.1) is 0 Å². The average Bonchev–Trinajstić information content (AvgIpc) is 3.48. The van der Waals surface area contributed by atoms with E-state index in [0.29, 0.717) is 18.9 Å². The summed E-state index contributed by atoms with van der Waals surface area (Å²) >= 11 is 1.61. The fraction of sp³-hybridized carbons (Fsp3) is 0.435. The number of piperidine rings is 1. The van der Waals surface area contributed by atoms with Crippen molar-refractivity contribution in [2.24, 2.45) is 0 Å². The van der Waals surface area contributed by atoms with E-state index in [0.717, 1.165) is 71.6 Å². The molecule has 6 rings (SSSR count). The lowest BCUT2D eigenvalue weighted by Crippen LogP contribution is -2.36. The van der Waals surface area contributed by atoms with E-state index in [1.165, 1.54) is 6.42 Å². The molecule has 2 fully saturated rings. The third kappa shape index (κ3) is 4.16. The number of nitrogens with zero attached hydrogens (tertiary/aromatic N) is 7. The topological polar surface area (TPSA) is 101 Å². The van der Waals surface area contributed by atoms with Gasteiger partial charge in [0.15, 0.2) is 22.2 Å². The highest BCUT2D eigenvalue weighted by Gasteiger charge is 2.22. The number of hydrogen-bond donors (Lipinski definition) is 1. The van der Waals surface area contributed by atoms with E-state index in [1.807, 2.05) is 18.3 Å². The molecule has 2 aliphatic rings. The van der Waals surface area contributed by atoms with Crippen molar-refractivity contribution < 1.29 is 9.53 Å². The van der Waals surface area contributed by atoms with Crippen molar-refractivity contribution >= 4 is 49.9 Å². The summed E-state index contributed by atoms with van der Waals surface area (Å²) in [6.07, 6.45) is 8.90. The van der Waals surface area contributed by atoms with E-state index in [1.54, 1.807) is 28.2 Å². The first-order chi connectivity index (χ1) is 16.7. The summed E-state index contributed by atoms with van der Waals surface area (Å²) in [7, 11) is 0. The molecule has 6 heterocycles. The molecule has 0 aromatic carbocycles. The molecule has 176 valence electrons. The molecule has 10 nitrogen and oxygen atoms in total. The molecule has 0 atom stereocenters. The Hall–Kier alpha value is -3.31. The molecule has 0 radical (unpaired) electrons. The molecule has 1 N–H and O–H groups in total. The fourth-order valence-corrected chi connectivity index (χ4v) is 5.54. The van der Waals surface area contributed by atoms with Crippen LogP contribution in [0.4, 0.5) is 16.6 Å². The van der Waals surface area contributed by atoms with E-state index in [9.17, 15) is 4.79 Å². The normalized spacial score (nSPS) is 16.9. The molecule has 0 spiro atoms. The summed E-state index contributed by atoms with van der Waals surface area (Å²) in [5.41, 5.74) is 2.96. The largest absolute Gasteiger partial charge is 0.378 e. The molecular formula is C23H26N8O2S. The van der Waals surface area contributed by atoms with Crippen molar-refractivity contribution in [1.29, 1.82) is 0 Å². The Morgan fingerprint density at radius 3 is 2.79 bits per heavy atom. The number of amides is 1. The molecule has 0 bridgehead atoms. The molecule has 0 aliphatic carbocycles. The number of anilines is 3. The van der Waals surface area contributed by atoms with Gasteiger partial charge in [-0.3, -0.25) is 4.79 Å². The Kier molecular flexibility index (Phi) is 5.71. The maximum atomic E-state index is 13.1. The van der Waals surface area contributed by atoms with Crippen LogP contribution in [0.1, 0.15) is 24.8 Å². The van der Waals surface area contributed by atoms with Gasteiger partial charge in [0.05, 0.1) is 36.2 Å². The van der Waals surface area contributed by atoms with Gasteiger partial charge in [-0.05, 0) is 31.4 Å². The molecule has 2 saturated heterocycles. The number of pyridine rings is 1. The number of nitrogens with one attached hydrogen (secondary N) is 1. The summed E-state index contributed by atoms with van der Waals surface area (Å²) in [5, 5.41) is 8.38. The second kappa shape index (κ2) is 9.15. The smallest absolute Gasteiger partial charge is 0.229 e. The number of carbonyl (C=O) groups excluding carboxylic acids is 1. The summed E-state index contributed by atoms with van der Waals surface area (Å²) in [6.45, 7) is 4.94. The Bertz CT molecular complexity index is 1320. The Balaban J connectivity index is 1.31. The van der Waals surface area contributed by atoms with Crippen LogP contribution in [-0.2, 0) is 16.0 Å². The number of ether oxygens (including phenoxy) is 1. The number of morpholine rings is 1. The first-order valence-corrected chi connectivity index (χ1v) is 12.5. The van der Waals surface area contributed by atoms with Crippen LogP contribution < -0.4 is 15.1 Å². The summed E-state index contributed by atoms with van der Waals surface area (Å²) in [4.78, 5) is 31.7. The van der Waals surface area contributed by atoms with E-state index in [2.05, 4.69) is 25.2 Å². The monoisotopic (exact) mass is 478 g/mol. The van der Waals surface area contributed by atoms with Crippen LogP contribution >= 0.6 is 11.3 Å². The minimum absolute atomic E-state index is 0.113. The Morgan fingerprint density at radius 1 is 1.09 bits per heavy atom. The first kappa shape index (κ1) is 21.2. The van der Waals surface area contributed by atoms with Gasteiger partial charge in [-0.1, -0.05) is 11.3 Å². The highest BCUT2D eigenvalue weighted by atomic mass is 32.1. The molecular weight excluding hydrogens is 452 g/mol. The van der Waals surface area contributed by atoms with Crippen LogP contribution in [0.2, 0.25) is 0 Å². The number of rotatable bonds is 5. The zero-order valence-corrected chi connectivity index (χ0v) is 19.6. The van der Waals surface area contributed by atoms with E-state index in [-0.39, 0.29) is 12.3 Å². The minimum Gasteiger partial charge on any atom is -0.378 e. The Morgan fingerprint density at radius 2 is 1.94 bits per heavy atom. The lowest BCUT2D eigenvalue weighted by atomic mass is 10.1. The highest BCUT2D eigenvalue weighted by Crippen LogP contribution is 2.35. The lowest BCUT2D eigenvalue weighted by molar-refractivity contribution is -0.115. The van der Waals surface area contributed by atoms with Gasteiger partial charge in [0, 0.05) is 44.1 Å². The fourth-order valence-electron chi connectivity index (χ4n) is 4.54. The van der Waals surface area contributed by atoms with Gasteiger partial charge >= 0.3 is 0 Å². The molecule has 1 amide bonds. The number of hydrogen-bond acceptors (Lipinski definition) is 9. The number of thiazole rings is 1. The lowest BCUT2D eigenvalue weighted by Gasteiger charge is -2.29. The highest BCUT2D eigenvalue weighted by molar-refractivity contribution is 7.22. The molecule has 0 unspecified atom stereocenters.